The van der Waals surface area contributed by atoms with Gasteiger partial charge < -0.3 is 14.4 Å². The molecule has 0 fully saturated rings. The van der Waals surface area contributed by atoms with Crippen LogP contribution in [0.5, 0.6) is 0 Å². The zero-order valence-corrected chi connectivity index (χ0v) is 16.7. The molecule has 2 aromatic carbocycles. The second-order valence-electron chi connectivity index (χ2n) is 6.80. The van der Waals surface area contributed by atoms with Crippen molar-refractivity contribution >= 4 is 39.9 Å². The van der Waals surface area contributed by atoms with Crippen molar-refractivity contribution in [3.63, 3.8) is 0 Å². The molecule has 0 aliphatic rings. The Hall–Kier alpha value is -3.45. The third kappa shape index (κ3) is 3.64. The molecule has 0 atom stereocenters. The molecule has 6 nitrogen and oxygen atoms in total. The highest BCUT2D eigenvalue weighted by molar-refractivity contribution is 7.14. The molecular formula is C22H18N2O4S. The number of nitrogens with zero attached hydrogens (tertiary/aromatic N) is 2. The zero-order chi connectivity index (χ0) is 20.5. The highest BCUT2D eigenvalue weighted by atomic mass is 32.1. The number of fused-ring (bicyclic) bond motifs is 1. The van der Waals surface area contributed by atoms with E-state index in [1.807, 2.05) is 49.3 Å². The fraction of sp³-hybridized carbons (Fsp3) is 0.136. The number of benzene rings is 2. The molecule has 146 valence electrons. The van der Waals surface area contributed by atoms with Crippen LogP contribution in [-0.2, 0) is 6.42 Å². The lowest BCUT2D eigenvalue weighted by Gasteiger charge is -2.12. The van der Waals surface area contributed by atoms with Crippen LogP contribution in [-0.4, -0.2) is 35.9 Å². The van der Waals surface area contributed by atoms with Gasteiger partial charge in [-0.1, -0.05) is 24.3 Å². The Morgan fingerprint density at radius 3 is 2.48 bits per heavy atom. The molecule has 29 heavy (non-hydrogen) atoms. The minimum Gasteiger partial charge on any atom is -0.478 e. The third-order valence-corrected chi connectivity index (χ3v) is 5.69. The number of hydrogen-bond donors (Lipinski definition) is 1. The lowest BCUT2D eigenvalue weighted by atomic mass is 10.0. The van der Waals surface area contributed by atoms with Crippen LogP contribution in [0.4, 0.5) is 5.69 Å². The smallest absolute Gasteiger partial charge is 0.337 e. The molecule has 4 rings (SSSR count). The van der Waals surface area contributed by atoms with Crippen molar-refractivity contribution < 1.29 is 19.1 Å². The summed E-state index contributed by atoms with van der Waals surface area (Å²) in [7, 11) is 3.89. The van der Waals surface area contributed by atoms with Crippen LogP contribution in [0.2, 0.25) is 0 Å². The van der Waals surface area contributed by atoms with E-state index in [1.165, 1.54) is 11.3 Å². The molecule has 2 aromatic heterocycles. The van der Waals surface area contributed by atoms with Crippen LogP contribution in [0.25, 0.3) is 21.5 Å². The van der Waals surface area contributed by atoms with E-state index < -0.39 is 5.97 Å². The lowest BCUT2D eigenvalue weighted by molar-refractivity contribution is 0.0697. The van der Waals surface area contributed by atoms with Gasteiger partial charge in [-0.05, 0) is 40.8 Å². The van der Waals surface area contributed by atoms with Crippen molar-refractivity contribution in [1.29, 1.82) is 0 Å². The van der Waals surface area contributed by atoms with Crippen molar-refractivity contribution in [2.75, 3.05) is 19.0 Å². The number of thiophene rings is 1. The van der Waals surface area contributed by atoms with Gasteiger partial charge in [-0.2, -0.15) is 0 Å². The van der Waals surface area contributed by atoms with Gasteiger partial charge in [0.05, 0.1) is 5.56 Å². The molecule has 0 saturated heterocycles. The number of rotatable bonds is 6. The third-order valence-electron chi connectivity index (χ3n) is 4.61. The van der Waals surface area contributed by atoms with Gasteiger partial charge in [-0.15, -0.1) is 11.3 Å². The van der Waals surface area contributed by atoms with Crippen molar-refractivity contribution in [2.45, 2.75) is 6.42 Å². The molecule has 0 aliphatic carbocycles. The maximum absolute atomic E-state index is 12.7. The predicted molar refractivity (Wildman–Crippen MR) is 113 cm³/mol. The van der Waals surface area contributed by atoms with Gasteiger partial charge in [0, 0.05) is 31.1 Å². The van der Waals surface area contributed by atoms with E-state index >= 15 is 0 Å². The summed E-state index contributed by atoms with van der Waals surface area (Å²) >= 11 is 1.32. The van der Waals surface area contributed by atoms with E-state index in [9.17, 15) is 14.7 Å². The summed E-state index contributed by atoms with van der Waals surface area (Å²) in [5, 5.41) is 11.5. The van der Waals surface area contributed by atoms with E-state index in [0.717, 1.165) is 11.3 Å². The fourth-order valence-corrected chi connectivity index (χ4v) is 4.19. The number of anilines is 1. The monoisotopic (exact) mass is 406 g/mol. The van der Waals surface area contributed by atoms with Gasteiger partial charge in [0.15, 0.2) is 5.58 Å². The molecule has 7 heteroatoms. The van der Waals surface area contributed by atoms with E-state index in [0.29, 0.717) is 21.5 Å². The number of Topliss-reactive ketones (excluding diaryl/α,β-unsaturated/α-hetero) is 1. The minimum atomic E-state index is -1.06. The topological polar surface area (TPSA) is 83.6 Å². The molecule has 1 N–H and O–H groups in total. The maximum atomic E-state index is 12.7. The molecule has 0 saturated carbocycles. The first-order chi connectivity index (χ1) is 13.9. The van der Waals surface area contributed by atoms with Gasteiger partial charge in [-0.25, -0.2) is 9.78 Å². The fourth-order valence-electron chi connectivity index (χ4n) is 3.12. The van der Waals surface area contributed by atoms with Gasteiger partial charge >= 0.3 is 5.97 Å². The lowest BCUT2D eigenvalue weighted by Crippen LogP contribution is -2.09. The Bertz CT molecular complexity index is 1170. The van der Waals surface area contributed by atoms with E-state index in [4.69, 9.17) is 4.42 Å². The number of carbonyl (C=O) groups is 2. The Kier molecular flexibility index (Phi) is 4.90. The van der Waals surface area contributed by atoms with E-state index in [1.54, 1.807) is 23.6 Å². The average Bonchev–Trinajstić information content (AvgIpc) is 3.32. The second kappa shape index (κ2) is 7.52. The molecule has 4 aromatic rings. The van der Waals surface area contributed by atoms with E-state index in [2.05, 4.69) is 4.98 Å². The van der Waals surface area contributed by atoms with Crippen molar-refractivity contribution in [2.24, 2.45) is 0 Å². The summed E-state index contributed by atoms with van der Waals surface area (Å²) in [6, 6.07) is 14.8. The number of carboxylic acid groups (broad SMARTS) is 1. The summed E-state index contributed by atoms with van der Waals surface area (Å²) in [6.45, 7) is 0. The number of carbonyl (C=O) groups excluding carboxylic acids is 1. The minimum absolute atomic E-state index is 0.00868. The summed E-state index contributed by atoms with van der Waals surface area (Å²) in [5.74, 6) is -1.42. The van der Waals surface area contributed by atoms with Crippen LogP contribution in [0.3, 0.4) is 0 Å². The van der Waals surface area contributed by atoms with Crippen molar-refractivity contribution in [1.82, 2.24) is 4.98 Å². The first-order valence-electron chi connectivity index (χ1n) is 8.94. The number of carboxylic acids is 1. The highest BCUT2D eigenvalue weighted by Crippen LogP contribution is 2.34. The summed E-state index contributed by atoms with van der Waals surface area (Å²) in [4.78, 5) is 31.4. The molecule has 0 aliphatic heterocycles. The molecule has 2 heterocycles. The Morgan fingerprint density at radius 2 is 1.83 bits per heavy atom. The average molecular weight is 406 g/mol. The number of oxazole rings is 1. The normalized spacial score (nSPS) is 11.0. The first kappa shape index (κ1) is 18.9. The van der Waals surface area contributed by atoms with Crippen molar-refractivity contribution in [3.8, 4) is 10.4 Å². The SMILES string of the molecule is CN(C)c1ccc(-c2scc(CC(=O)c3nc4ccccc4o3)c2C(=O)O)cc1. The largest absolute Gasteiger partial charge is 0.478 e. The quantitative estimate of drug-likeness (QED) is 0.466. The first-order valence-corrected chi connectivity index (χ1v) is 9.82. The Morgan fingerprint density at radius 1 is 1.10 bits per heavy atom. The van der Waals surface area contributed by atoms with Gasteiger partial charge in [0.2, 0.25) is 5.78 Å². The van der Waals surface area contributed by atoms with Crippen LogP contribution in [0.15, 0.2) is 58.3 Å². The molecular weight excluding hydrogens is 388 g/mol. The van der Waals surface area contributed by atoms with Gasteiger partial charge in [-0.3, -0.25) is 4.79 Å². The molecule has 0 spiro atoms. The molecule has 0 radical (unpaired) electrons. The van der Waals surface area contributed by atoms with Gasteiger partial charge in [0.25, 0.3) is 5.89 Å². The van der Waals surface area contributed by atoms with Crippen LogP contribution in [0.1, 0.15) is 26.6 Å². The number of aromatic nitrogens is 1. The molecule has 0 unspecified atom stereocenters. The van der Waals surface area contributed by atoms with E-state index in [-0.39, 0.29) is 23.7 Å². The maximum Gasteiger partial charge on any atom is 0.337 e. The Labute approximate surface area is 171 Å². The number of para-hydroxylation sites is 2. The summed E-state index contributed by atoms with van der Waals surface area (Å²) in [6.07, 6.45) is -0.0826. The molecule has 0 amide bonds. The van der Waals surface area contributed by atoms with Crippen LogP contribution < -0.4 is 4.90 Å². The highest BCUT2D eigenvalue weighted by Gasteiger charge is 2.23. The predicted octanol–water partition coefficient (Wildman–Crippen LogP) is 4.75. The second-order valence-corrected chi connectivity index (χ2v) is 7.68. The standard InChI is InChI=1S/C22H18N2O4S/c1-24(2)15-9-7-13(8-10-15)20-19(22(26)27)14(12-29-20)11-17(25)21-23-16-5-3-4-6-18(16)28-21/h3-10,12H,11H2,1-2H3,(H,26,27). The summed E-state index contributed by atoms with van der Waals surface area (Å²) < 4.78 is 5.52. The number of hydrogen-bond acceptors (Lipinski definition) is 6. The van der Waals surface area contributed by atoms with Crippen LogP contribution >= 0.6 is 11.3 Å². The van der Waals surface area contributed by atoms with Crippen molar-refractivity contribution in [3.05, 3.63) is 70.9 Å². The Balaban J connectivity index is 1.65. The number of aromatic carboxylic acids is 1. The zero-order valence-electron chi connectivity index (χ0n) is 15.9. The number of ketones is 1. The van der Waals surface area contributed by atoms with Gasteiger partial charge in [0.1, 0.15) is 5.52 Å². The van der Waals surface area contributed by atoms with Crippen LogP contribution in [0, 0.1) is 0 Å². The summed E-state index contributed by atoms with van der Waals surface area (Å²) in [5.41, 5.74) is 3.56. The molecule has 0 bridgehead atoms.